The minimum atomic E-state index is -0.188. The normalized spacial score (nSPS) is 24.2. The van der Waals surface area contributed by atoms with E-state index in [1.165, 1.54) is 5.56 Å². The van der Waals surface area contributed by atoms with E-state index < -0.39 is 0 Å². The summed E-state index contributed by atoms with van der Waals surface area (Å²) in [7, 11) is 1.69. The van der Waals surface area contributed by atoms with E-state index in [1.54, 1.807) is 18.4 Å². The number of hydrogen-bond donors (Lipinski definition) is 0. The zero-order chi connectivity index (χ0) is 17.3. The molecule has 5 heteroatoms. The average molecular weight is 356 g/mol. The van der Waals surface area contributed by atoms with Crippen LogP contribution in [0.15, 0.2) is 41.1 Å². The van der Waals surface area contributed by atoms with Gasteiger partial charge in [-0.25, -0.2) is 0 Å². The van der Waals surface area contributed by atoms with Gasteiger partial charge in [0.1, 0.15) is 5.75 Å². The summed E-state index contributed by atoms with van der Waals surface area (Å²) in [6.07, 6.45) is 3.09. The number of benzene rings is 1. The van der Waals surface area contributed by atoms with Crippen molar-refractivity contribution in [2.75, 3.05) is 31.6 Å². The van der Waals surface area contributed by atoms with Crippen LogP contribution in [0.2, 0.25) is 0 Å². The fourth-order valence-electron chi connectivity index (χ4n) is 4.21. The first kappa shape index (κ1) is 16.6. The van der Waals surface area contributed by atoms with Crippen LogP contribution in [-0.2, 0) is 11.3 Å². The Balaban J connectivity index is 1.46. The Morgan fingerprint density at radius 2 is 2.00 bits per heavy atom. The van der Waals surface area contributed by atoms with Crippen LogP contribution in [0.4, 0.5) is 5.69 Å². The molecule has 2 saturated heterocycles. The van der Waals surface area contributed by atoms with Gasteiger partial charge in [-0.2, -0.15) is 11.3 Å². The quantitative estimate of drug-likeness (QED) is 0.836. The highest BCUT2D eigenvalue weighted by atomic mass is 32.1. The SMILES string of the molecule is COc1ccc(CN2CCC[C@]3(CCN(c4ccsc4)C3=O)C2)cc1. The monoisotopic (exact) mass is 356 g/mol. The zero-order valence-electron chi connectivity index (χ0n) is 14.6. The van der Waals surface area contributed by atoms with Crippen LogP contribution in [0.5, 0.6) is 5.75 Å². The third-order valence-corrected chi connectivity index (χ3v) is 6.22. The van der Waals surface area contributed by atoms with Gasteiger partial charge in [0.25, 0.3) is 0 Å². The maximum absolute atomic E-state index is 13.1. The third kappa shape index (κ3) is 3.18. The number of piperidine rings is 1. The van der Waals surface area contributed by atoms with E-state index in [2.05, 4.69) is 28.5 Å². The molecule has 0 aliphatic carbocycles. The molecule has 1 spiro atoms. The van der Waals surface area contributed by atoms with E-state index in [4.69, 9.17) is 4.74 Å². The van der Waals surface area contributed by atoms with Crippen molar-refractivity contribution >= 4 is 22.9 Å². The second-order valence-electron chi connectivity index (χ2n) is 7.13. The summed E-state index contributed by atoms with van der Waals surface area (Å²) in [6.45, 7) is 3.70. The summed E-state index contributed by atoms with van der Waals surface area (Å²) in [4.78, 5) is 17.6. The molecule has 0 saturated carbocycles. The number of nitrogens with zero attached hydrogens (tertiary/aromatic N) is 2. The van der Waals surface area contributed by atoms with Gasteiger partial charge in [0.2, 0.25) is 5.91 Å². The second-order valence-corrected chi connectivity index (χ2v) is 7.91. The summed E-state index contributed by atoms with van der Waals surface area (Å²) in [5.74, 6) is 1.21. The Morgan fingerprint density at radius 3 is 2.72 bits per heavy atom. The number of thiophene rings is 1. The molecule has 1 atom stereocenters. The molecule has 1 aromatic carbocycles. The Morgan fingerprint density at radius 1 is 1.16 bits per heavy atom. The predicted molar refractivity (Wildman–Crippen MR) is 101 cm³/mol. The van der Waals surface area contributed by atoms with Crippen LogP contribution in [0.25, 0.3) is 0 Å². The zero-order valence-corrected chi connectivity index (χ0v) is 15.4. The fourth-order valence-corrected chi connectivity index (χ4v) is 4.85. The van der Waals surface area contributed by atoms with Gasteiger partial charge in [-0.3, -0.25) is 9.69 Å². The number of anilines is 1. The maximum atomic E-state index is 13.1. The van der Waals surface area contributed by atoms with E-state index in [9.17, 15) is 4.79 Å². The fraction of sp³-hybridized carbons (Fsp3) is 0.450. The average Bonchev–Trinajstić information content (AvgIpc) is 3.26. The molecule has 4 nitrogen and oxygen atoms in total. The summed E-state index contributed by atoms with van der Waals surface area (Å²) in [5, 5.41) is 4.12. The molecule has 2 aliphatic rings. The first-order chi connectivity index (χ1) is 12.2. The smallest absolute Gasteiger partial charge is 0.234 e. The molecule has 25 heavy (non-hydrogen) atoms. The number of carbonyl (C=O) groups excluding carboxylic acids is 1. The molecule has 132 valence electrons. The standard InChI is InChI=1S/C20H24N2O2S/c1-24-18-5-3-16(4-6-18)13-21-10-2-8-20(15-21)9-11-22(19(20)23)17-7-12-25-14-17/h3-7,12,14H,2,8-11,13,15H2,1H3/t20-/m0/s1. The molecule has 2 aromatic rings. The lowest BCUT2D eigenvalue weighted by molar-refractivity contribution is -0.128. The first-order valence-electron chi connectivity index (χ1n) is 8.90. The molecular formula is C20H24N2O2S. The van der Waals surface area contributed by atoms with Gasteiger partial charge in [-0.15, -0.1) is 0 Å². The topological polar surface area (TPSA) is 32.8 Å². The maximum Gasteiger partial charge on any atom is 0.234 e. The van der Waals surface area contributed by atoms with Crippen molar-refractivity contribution < 1.29 is 9.53 Å². The van der Waals surface area contributed by atoms with Gasteiger partial charge >= 0.3 is 0 Å². The molecule has 2 aliphatic heterocycles. The number of amides is 1. The highest BCUT2D eigenvalue weighted by Crippen LogP contribution is 2.42. The van der Waals surface area contributed by atoms with Crippen molar-refractivity contribution in [2.45, 2.75) is 25.8 Å². The number of ether oxygens (including phenoxy) is 1. The minimum Gasteiger partial charge on any atom is -0.497 e. The van der Waals surface area contributed by atoms with Crippen LogP contribution in [0.1, 0.15) is 24.8 Å². The number of rotatable bonds is 4. The lowest BCUT2D eigenvalue weighted by Gasteiger charge is -2.39. The van der Waals surface area contributed by atoms with E-state index in [-0.39, 0.29) is 5.41 Å². The van der Waals surface area contributed by atoms with Gasteiger partial charge in [0.15, 0.2) is 0 Å². The minimum absolute atomic E-state index is 0.188. The molecule has 0 radical (unpaired) electrons. The van der Waals surface area contributed by atoms with Gasteiger partial charge in [-0.1, -0.05) is 12.1 Å². The third-order valence-electron chi connectivity index (χ3n) is 5.55. The highest BCUT2D eigenvalue weighted by Gasteiger charge is 2.49. The van der Waals surface area contributed by atoms with E-state index >= 15 is 0 Å². The molecule has 2 fully saturated rings. The Hall–Kier alpha value is -1.85. The van der Waals surface area contributed by atoms with Crippen LogP contribution in [-0.4, -0.2) is 37.6 Å². The number of carbonyl (C=O) groups is 1. The van der Waals surface area contributed by atoms with Crippen LogP contribution < -0.4 is 9.64 Å². The summed E-state index contributed by atoms with van der Waals surface area (Å²) in [5.41, 5.74) is 2.16. The molecule has 0 unspecified atom stereocenters. The Bertz CT molecular complexity index is 729. The van der Waals surface area contributed by atoms with Crippen molar-refractivity contribution in [3.05, 3.63) is 46.7 Å². The van der Waals surface area contributed by atoms with Crippen molar-refractivity contribution in [3.63, 3.8) is 0 Å². The number of methoxy groups -OCH3 is 1. The van der Waals surface area contributed by atoms with Gasteiger partial charge in [0.05, 0.1) is 18.2 Å². The molecule has 0 N–H and O–H groups in total. The summed E-state index contributed by atoms with van der Waals surface area (Å²) >= 11 is 1.65. The highest BCUT2D eigenvalue weighted by molar-refractivity contribution is 7.08. The van der Waals surface area contributed by atoms with Crippen molar-refractivity contribution in [3.8, 4) is 5.75 Å². The number of likely N-dealkylation sites (tertiary alicyclic amines) is 1. The van der Waals surface area contributed by atoms with Crippen LogP contribution >= 0.6 is 11.3 Å². The lowest BCUT2D eigenvalue weighted by atomic mass is 9.78. The van der Waals surface area contributed by atoms with E-state index in [0.717, 1.165) is 56.9 Å². The summed E-state index contributed by atoms with van der Waals surface area (Å²) in [6, 6.07) is 10.3. The van der Waals surface area contributed by atoms with Crippen molar-refractivity contribution in [2.24, 2.45) is 5.41 Å². The molecular weight excluding hydrogens is 332 g/mol. The molecule has 1 aromatic heterocycles. The Labute approximate surface area is 153 Å². The molecule has 4 rings (SSSR count). The van der Waals surface area contributed by atoms with E-state index in [1.807, 2.05) is 22.4 Å². The second kappa shape index (κ2) is 6.81. The van der Waals surface area contributed by atoms with E-state index in [0.29, 0.717) is 5.91 Å². The van der Waals surface area contributed by atoms with Gasteiger partial charge < -0.3 is 9.64 Å². The van der Waals surface area contributed by atoms with Crippen molar-refractivity contribution in [1.29, 1.82) is 0 Å². The van der Waals surface area contributed by atoms with Gasteiger partial charge in [-0.05, 0) is 54.9 Å². The van der Waals surface area contributed by atoms with Crippen molar-refractivity contribution in [1.82, 2.24) is 4.90 Å². The van der Waals surface area contributed by atoms with Gasteiger partial charge in [0, 0.05) is 25.0 Å². The predicted octanol–water partition coefficient (Wildman–Crippen LogP) is 3.78. The van der Waals surface area contributed by atoms with Crippen LogP contribution in [0.3, 0.4) is 0 Å². The molecule has 3 heterocycles. The molecule has 1 amide bonds. The number of hydrogen-bond acceptors (Lipinski definition) is 4. The first-order valence-corrected chi connectivity index (χ1v) is 9.84. The van der Waals surface area contributed by atoms with Crippen LogP contribution in [0, 0.1) is 5.41 Å². The lowest BCUT2D eigenvalue weighted by Crippen LogP contribution is -2.47. The largest absolute Gasteiger partial charge is 0.497 e. The molecule has 0 bridgehead atoms. The Kier molecular flexibility index (Phi) is 4.52. The summed E-state index contributed by atoms with van der Waals surface area (Å²) < 4.78 is 5.23.